The molecule has 0 aliphatic carbocycles. The van der Waals surface area contributed by atoms with Gasteiger partial charge in [0.2, 0.25) is 11.8 Å². The van der Waals surface area contributed by atoms with Gasteiger partial charge in [0.15, 0.2) is 0 Å². The van der Waals surface area contributed by atoms with Crippen LogP contribution < -0.4 is 10.2 Å². The van der Waals surface area contributed by atoms with Crippen LogP contribution in [0.4, 0.5) is 24.5 Å². The van der Waals surface area contributed by atoms with E-state index in [1.165, 1.54) is 6.07 Å². The van der Waals surface area contributed by atoms with E-state index in [9.17, 15) is 22.8 Å². The van der Waals surface area contributed by atoms with Crippen molar-refractivity contribution in [3.05, 3.63) is 48.2 Å². The lowest BCUT2D eigenvalue weighted by Gasteiger charge is -2.16. The van der Waals surface area contributed by atoms with E-state index in [1.807, 2.05) is 0 Å². The van der Waals surface area contributed by atoms with E-state index in [-0.39, 0.29) is 17.6 Å². The predicted molar refractivity (Wildman–Crippen MR) is 96.6 cm³/mol. The van der Waals surface area contributed by atoms with Crippen LogP contribution in [0.2, 0.25) is 0 Å². The third-order valence-electron chi connectivity index (χ3n) is 3.95. The third kappa shape index (κ3) is 5.00. The zero-order valence-corrected chi connectivity index (χ0v) is 14.9. The normalized spacial score (nSPS) is 14.5. The van der Waals surface area contributed by atoms with E-state index >= 15 is 0 Å². The van der Waals surface area contributed by atoms with Crippen LogP contribution in [0.15, 0.2) is 47.6 Å². The fraction of sp³-hybridized carbons (Fsp3) is 0.278. The number of amides is 2. The number of thioether (sulfide) groups is 1. The Morgan fingerprint density at radius 1 is 1.19 bits per heavy atom. The first-order chi connectivity index (χ1) is 12.8. The van der Waals surface area contributed by atoms with Gasteiger partial charge < -0.3 is 10.2 Å². The van der Waals surface area contributed by atoms with Crippen molar-refractivity contribution in [1.29, 1.82) is 0 Å². The van der Waals surface area contributed by atoms with Gasteiger partial charge in [-0.25, -0.2) is 4.98 Å². The van der Waals surface area contributed by atoms with Gasteiger partial charge in [0.05, 0.1) is 16.3 Å². The smallest absolute Gasteiger partial charge is 0.325 e. The summed E-state index contributed by atoms with van der Waals surface area (Å²) in [5, 5.41) is 3.04. The Hall–Kier alpha value is -2.55. The molecular formula is C18H16F3N3O2S. The number of halogens is 3. The average Bonchev–Trinajstić information content (AvgIpc) is 3.06. The van der Waals surface area contributed by atoms with E-state index < -0.39 is 11.7 Å². The van der Waals surface area contributed by atoms with Crippen molar-refractivity contribution in [2.45, 2.75) is 24.0 Å². The highest BCUT2D eigenvalue weighted by atomic mass is 32.2. The second-order valence-corrected chi connectivity index (χ2v) is 6.91. The number of aromatic nitrogens is 1. The lowest BCUT2D eigenvalue weighted by molar-refractivity contribution is -0.137. The molecule has 0 radical (unpaired) electrons. The maximum absolute atomic E-state index is 12.5. The minimum absolute atomic E-state index is 0.0186. The summed E-state index contributed by atoms with van der Waals surface area (Å²) in [5.74, 6) is -0.191. The molecule has 1 fully saturated rings. The minimum atomic E-state index is -4.43. The lowest BCUT2D eigenvalue weighted by atomic mass is 10.2. The van der Waals surface area contributed by atoms with E-state index in [0.29, 0.717) is 23.7 Å². The van der Waals surface area contributed by atoms with Crippen molar-refractivity contribution in [3.8, 4) is 0 Å². The summed E-state index contributed by atoms with van der Waals surface area (Å²) in [5.41, 5.74) is 0.545. The molecule has 3 rings (SSSR count). The molecule has 1 aliphatic rings. The summed E-state index contributed by atoms with van der Waals surface area (Å²) in [4.78, 5) is 29.1. The molecule has 1 aromatic heterocycles. The van der Waals surface area contributed by atoms with Gasteiger partial charge in [0.25, 0.3) is 0 Å². The molecule has 2 aromatic rings. The van der Waals surface area contributed by atoms with Gasteiger partial charge in [-0.05, 0) is 42.8 Å². The number of benzene rings is 1. The van der Waals surface area contributed by atoms with E-state index in [4.69, 9.17) is 0 Å². The minimum Gasteiger partial charge on any atom is -0.325 e. The maximum Gasteiger partial charge on any atom is 0.417 e. The van der Waals surface area contributed by atoms with Crippen LogP contribution in [0.5, 0.6) is 0 Å². The Labute approximate surface area is 158 Å². The maximum atomic E-state index is 12.5. The molecule has 1 N–H and O–H groups in total. The second kappa shape index (κ2) is 7.99. The second-order valence-electron chi connectivity index (χ2n) is 5.92. The molecule has 0 bridgehead atoms. The number of nitrogens with one attached hydrogen (secondary N) is 1. The predicted octanol–water partition coefficient (Wildman–Crippen LogP) is 3.96. The zero-order valence-electron chi connectivity index (χ0n) is 14.1. The SMILES string of the molecule is O=C(CSc1ccc(C(F)(F)F)cn1)Nc1ccc(N2CCCC2=O)cc1. The van der Waals surface area contributed by atoms with Gasteiger partial charge in [-0.3, -0.25) is 9.59 Å². The third-order valence-corrected chi connectivity index (χ3v) is 4.89. The number of pyridine rings is 1. The summed E-state index contributed by atoms with van der Waals surface area (Å²) in [6, 6.07) is 9.13. The molecule has 2 heterocycles. The van der Waals surface area contributed by atoms with Crippen molar-refractivity contribution < 1.29 is 22.8 Å². The largest absolute Gasteiger partial charge is 0.417 e. The molecule has 27 heavy (non-hydrogen) atoms. The summed E-state index contributed by atoms with van der Waals surface area (Å²) in [6.07, 6.45) is -2.29. The Kier molecular flexibility index (Phi) is 5.69. The number of carbonyl (C=O) groups excluding carboxylic acids is 2. The Balaban J connectivity index is 1.51. The van der Waals surface area contributed by atoms with Crippen LogP contribution in [-0.4, -0.2) is 29.1 Å². The molecule has 142 valence electrons. The molecule has 2 amide bonds. The van der Waals surface area contributed by atoms with E-state index in [2.05, 4.69) is 10.3 Å². The van der Waals surface area contributed by atoms with Crippen molar-refractivity contribution in [1.82, 2.24) is 4.98 Å². The van der Waals surface area contributed by atoms with Gasteiger partial charge >= 0.3 is 6.18 Å². The molecule has 5 nitrogen and oxygen atoms in total. The van der Waals surface area contributed by atoms with Crippen molar-refractivity contribution in [3.63, 3.8) is 0 Å². The number of hydrogen-bond donors (Lipinski definition) is 1. The fourth-order valence-corrected chi connectivity index (χ4v) is 3.26. The van der Waals surface area contributed by atoms with Gasteiger partial charge in [0, 0.05) is 30.5 Å². The van der Waals surface area contributed by atoms with Crippen LogP contribution in [0.1, 0.15) is 18.4 Å². The molecular weight excluding hydrogens is 379 g/mol. The average molecular weight is 395 g/mol. The number of alkyl halides is 3. The van der Waals surface area contributed by atoms with Crippen LogP contribution in [-0.2, 0) is 15.8 Å². The number of nitrogens with zero attached hydrogens (tertiary/aromatic N) is 2. The van der Waals surface area contributed by atoms with Gasteiger partial charge in [-0.2, -0.15) is 13.2 Å². The monoisotopic (exact) mass is 395 g/mol. The summed E-state index contributed by atoms with van der Waals surface area (Å²) in [6.45, 7) is 0.696. The molecule has 0 saturated carbocycles. The Morgan fingerprint density at radius 2 is 1.93 bits per heavy atom. The highest BCUT2D eigenvalue weighted by Crippen LogP contribution is 2.29. The number of rotatable bonds is 5. The van der Waals surface area contributed by atoms with Crippen LogP contribution in [0.25, 0.3) is 0 Å². The van der Waals surface area contributed by atoms with Crippen LogP contribution in [0, 0.1) is 0 Å². The van der Waals surface area contributed by atoms with Gasteiger partial charge in [-0.15, -0.1) is 0 Å². The highest BCUT2D eigenvalue weighted by molar-refractivity contribution is 7.99. The Bertz CT molecular complexity index is 823. The lowest BCUT2D eigenvalue weighted by Crippen LogP contribution is -2.23. The summed E-state index contributed by atoms with van der Waals surface area (Å²) in [7, 11) is 0. The van der Waals surface area contributed by atoms with Gasteiger partial charge in [-0.1, -0.05) is 11.8 Å². The first-order valence-corrected chi connectivity index (χ1v) is 9.18. The number of carbonyl (C=O) groups is 2. The molecule has 0 spiro atoms. The molecule has 0 unspecified atom stereocenters. The first kappa shape index (κ1) is 19.2. The number of anilines is 2. The summed E-state index contributed by atoms with van der Waals surface area (Å²) < 4.78 is 37.5. The Morgan fingerprint density at radius 3 is 2.48 bits per heavy atom. The molecule has 1 aromatic carbocycles. The molecule has 1 saturated heterocycles. The standard InChI is InChI=1S/C18H16F3N3O2S/c19-18(20,21)12-3-8-16(22-10-12)27-11-15(25)23-13-4-6-14(7-5-13)24-9-1-2-17(24)26/h3-8,10H,1-2,9,11H2,(H,23,25). The topological polar surface area (TPSA) is 62.3 Å². The van der Waals surface area contributed by atoms with Crippen LogP contribution in [0.3, 0.4) is 0 Å². The van der Waals surface area contributed by atoms with Crippen molar-refractivity contribution >= 4 is 35.0 Å². The molecule has 1 aliphatic heterocycles. The van der Waals surface area contributed by atoms with E-state index in [0.717, 1.165) is 36.1 Å². The zero-order chi connectivity index (χ0) is 19.4. The number of hydrogen-bond acceptors (Lipinski definition) is 4. The van der Waals surface area contributed by atoms with Crippen molar-refractivity contribution in [2.75, 3.05) is 22.5 Å². The molecule has 0 atom stereocenters. The molecule has 9 heteroatoms. The first-order valence-electron chi connectivity index (χ1n) is 8.19. The van der Waals surface area contributed by atoms with Crippen molar-refractivity contribution in [2.24, 2.45) is 0 Å². The highest BCUT2D eigenvalue weighted by Gasteiger charge is 2.30. The quantitative estimate of drug-likeness (QED) is 0.779. The van der Waals surface area contributed by atoms with Gasteiger partial charge in [0.1, 0.15) is 0 Å². The van der Waals surface area contributed by atoms with Crippen LogP contribution >= 0.6 is 11.8 Å². The summed E-state index contributed by atoms with van der Waals surface area (Å²) >= 11 is 1.05. The van der Waals surface area contributed by atoms with E-state index in [1.54, 1.807) is 29.2 Å². The fourth-order valence-electron chi connectivity index (χ4n) is 2.62.